The maximum absolute atomic E-state index is 11.9. The summed E-state index contributed by atoms with van der Waals surface area (Å²) in [5.41, 5.74) is 5.78. The molecule has 1 fully saturated rings. The predicted octanol–water partition coefficient (Wildman–Crippen LogP) is 2.17. The number of benzene rings is 1. The molecule has 2 rings (SSSR count). The Hall–Kier alpha value is -1.07. The normalized spacial score (nSPS) is 18.6. The third-order valence-corrected chi connectivity index (χ3v) is 3.72. The molecule has 1 aromatic rings. The van der Waals surface area contributed by atoms with E-state index in [1.807, 2.05) is 29.2 Å². The molecule has 2 N–H and O–H groups in total. The molecule has 1 amide bonds. The van der Waals surface area contributed by atoms with E-state index in [-0.39, 0.29) is 11.9 Å². The van der Waals surface area contributed by atoms with Crippen molar-refractivity contribution in [3.8, 4) is 5.75 Å². The molecule has 1 aliphatic rings. The lowest BCUT2D eigenvalue weighted by Crippen LogP contribution is -2.31. The second kappa shape index (κ2) is 6.91. The molecule has 1 aliphatic heterocycles. The Balaban J connectivity index is 1.64. The minimum atomic E-state index is 0.156. The number of ether oxygens (including phenoxy) is 1. The summed E-state index contributed by atoms with van der Waals surface area (Å²) in [5.74, 6) is 1.02. The number of likely N-dealkylation sites (tertiary alicyclic amines) is 1. The number of carbonyl (C=O) groups excluding carboxylic acids is 1. The van der Waals surface area contributed by atoms with E-state index in [9.17, 15) is 4.79 Å². The number of amides is 1. The molecule has 4 nitrogen and oxygen atoms in total. The molecule has 0 radical (unpaired) electrons. The number of hydrogen-bond donors (Lipinski definition) is 1. The molecular weight excluding hydrogens is 308 g/mol. The van der Waals surface area contributed by atoms with Crippen LogP contribution in [0.4, 0.5) is 0 Å². The van der Waals surface area contributed by atoms with Gasteiger partial charge in [-0.05, 0) is 37.1 Å². The lowest BCUT2D eigenvalue weighted by atomic mass is 10.3. The van der Waals surface area contributed by atoms with E-state index in [4.69, 9.17) is 10.5 Å². The zero-order valence-electron chi connectivity index (χ0n) is 10.8. The number of hydrogen-bond acceptors (Lipinski definition) is 3. The fourth-order valence-corrected chi connectivity index (χ4v) is 2.38. The summed E-state index contributed by atoms with van der Waals surface area (Å²) in [5, 5.41) is 0. The van der Waals surface area contributed by atoms with Gasteiger partial charge in [0.2, 0.25) is 5.91 Å². The third-order valence-electron chi connectivity index (χ3n) is 3.19. The predicted molar refractivity (Wildman–Crippen MR) is 78.0 cm³/mol. The standard InChI is InChI=1S/C14H19BrN2O2/c15-11-3-5-13(6-4-11)19-9-1-2-14(18)17-8-7-12(16)10-17/h3-6,12H,1-2,7-10,16H2. The molecule has 1 saturated heterocycles. The van der Waals surface area contributed by atoms with Crippen molar-refractivity contribution in [2.24, 2.45) is 5.73 Å². The van der Waals surface area contributed by atoms with Crippen LogP contribution in [0.5, 0.6) is 5.75 Å². The first-order chi connectivity index (χ1) is 9.15. The van der Waals surface area contributed by atoms with E-state index in [1.165, 1.54) is 0 Å². The fourth-order valence-electron chi connectivity index (χ4n) is 2.12. The molecule has 5 heteroatoms. The Morgan fingerprint density at radius 1 is 1.42 bits per heavy atom. The molecule has 0 aliphatic carbocycles. The minimum absolute atomic E-state index is 0.156. The van der Waals surface area contributed by atoms with Crippen molar-refractivity contribution in [1.82, 2.24) is 4.90 Å². The number of nitrogens with two attached hydrogens (primary N) is 1. The minimum Gasteiger partial charge on any atom is -0.494 e. The van der Waals surface area contributed by atoms with Crippen LogP contribution in [0.3, 0.4) is 0 Å². The van der Waals surface area contributed by atoms with Crippen LogP contribution in [0.1, 0.15) is 19.3 Å². The van der Waals surface area contributed by atoms with E-state index in [0.717, 1.165) is 29.6 Å². The van der Waals surface area contributed by atoms with Gasteiger partial charge in [0.15, 0.2) is 0 Å². The fraction of sp³-hybridized carbons (Fsp3) is 0.500. The van der Waals surface area contributed by atoms with Gasteiger partial charge in [-0.15, -0.1) is 0 Å². The van der Waals surface area contributed by atoms with Crippen LogP contribution in [0.25, 0.3) is 0 Å². The number of rotatable bonds is 5. The quantitative estimate of drug-likeness (QED) is 0.844. The van der Waals surface area contributed by atoms with Crippen molar-refractivity contribution in [3.63, 3.8) is 0 Å². The highest BCUT2D eigenvalue weighted by Gasteiger charge is 2.22. The zero-order chi connectivity index (χ0) is 13.7. The average molecular weight is 327 g/mol. The lowest BCUT2D eigenvalue weighted by molar-refractivity contribution is -0.130. The van der Waals surface area contributed by atoms with Gasteiger partial charge in [-0.1, -0.05) is 15.9 Å². The van der Waals surface area contributed by atoms with E-state index in [0.29, 0.717) is 19.6 Å². The van der Waals surface area contributed by atoms with Gasteiger partial charge < -0.3 is 15.4 Å². The van der Waals surface area contributed by atoms with Gasteiger partial charge in [-0.3, -0.25) is 4.79 Å². The van der Waals surface area contributed by atoms with Gasteiger partial charge in [-0.25, -0.2) is 0 Å². The van der Waals surface area contributed by atoms with E-state index in [1.54, 1.807) is 0 Å². The summed E-state index contributed by atoms with van der Waals surface area (Å²) in [6.45, 7) is 2.06. The first-order valence-electron chi connectivity index (χ1n) is 6.57. The van der Waals surface area contributed by atoms with Crippen LogP contribution in [-0.4, -0.2) is 36.5 Å². The van der Waals surface area contributed by atoms with E-state index in [2.05, 4.69) is 15.9 Å². The van der Waals surface area contributed by atoms with E-state index < -0.39 is 0 Å². The second-order valence-electron chi connectivity index (χ2n) is 4.79. The van der Waals surface area contributed by atoms with Crippen molar-refractivity contribution in [2.45, 2.75) is 25.3 Å². The highest BCUT2D eigenvalue weighted by Crippen LogP contribution is 2.16. The third kappa shape index (κ3) is 4.51. The van der Waals surface area contributed by atoms with Gasteiger partial charge in [0.1, 0.15) is 5.75 Å². The first kappa shape index (κ1) is 14.3. The van der Waals surface area contributed by atoms with Gasteiger partial charge in [0.25, 0.3) is 0 Å². The average Bonchev–Trinajstić information content (AvgIpc) is 2.83. The molecule has 0 spiro atoms. The molecule has 0 bridgehead atoms. The van der Waals surface area contributed by atoms with Crippen molar-refractivity contribution in [1.29, 1.82) is 0 Å². The van der Waals surface area contributed by atoms with Crippen LogP contribution in [-0.2, 0) is 4.79 Å². The second-order valence-corrected chi connectivity index (χ2v) is 5.71. The van der Waals surface area contributed by atoms with Crippen LogP contribution in [0.2, 0.25) is 0 Å². The smallest absolute Gasteiger partial charge is 0.222 e. The maximum Gasteiger partial charge on any atom is 0.222 e. The Morgan fingerprint density at radius 2 is 2.16 bits per heavy atom. The zero-order valence-corrected chi connectivity index (χ0v) is 12.4. The largest absolute Gasteiger partial charge is 0.494 e. The van der Waals surface area contributed by atoms with Gasteiger partial charge >= 0.3 is 0 Å². The van der Waals surface area contributed by atoms with Crippen molar-refractivity contribution >= 4 is 21.8 Å². The Morgan fingerprint density at radius 3 is 2.79 bits per heavy atom. The summed E-state index contributed by atoms with van der Waals surface area (Å²) < 4.78 is 6.61. The van der Waals surface area contributed by atoms with Gasteiger partial charge in [0.05, 0.1) is 6.61 Å². The summed E-state index contributed by atoms with van der Waals surface area (Å²) in [7, 11) is 0. The van der Waals surface area contributed by atoms with Crippen LogP contribution < -0.4 is 10.5 Å². The first-order valence-corrected chi connectivity index (χ1v) is 7.36. The number of carbonyl (C=O) groups is 1. The Bertz CT molecular complexity index is 422. The van der Waals surface area contributed by atoms with Crippen molar-refractivity contribution in [3.05, 3.63) is 28.7 Å². The van der Waals surface area contributed by atoms with Crippen LogP contribution in [0.15, 0.2) is 28.7 Å². The lowest BCUT2D eigenvalue weighted by Gasteiger charge is -2.15. The topological polar surface area (TPSA) is 55.6 Å². The van der Waals surface area contributed by atoms with Crippen molar-refractivity contribution in [2.75, 3.05) is 19.7 Å². The highest BCUT2D eigenvalue weighted by atomic mass is 79.9. The monoisotopic (exact) mass is 326 g/mol. The number of halogens is 1. The van der Waals surface area contributed by atoms with Crippen molar-refractivity contribution < 1.29 is 9.53 Å². The molecule has 0 aromatic heterocycles. The van der Waals surface area contributed by atoms with Gasteiger partial charge in [-0.2, -0.15) is 0 Å². The highest BCUT2D eigenvalue weighted by molar-refractivity contribution is 9.10. The molecule has 1 aromatic carbocycles. The van der Waals surface area contributed by atoms with Crippen LogP contribution >= 0.6 is 15.9 Å². The Kier molecular flexibility index (Phi) is 5.22. The molecule has 1 heterocycles. The Labute approximate surface area is 122 Å². The summed E-state index contributed by atoms with van der Waals surface area (Å²) in [4.78, 5) is 13.7. The molecule has 19 heavy (non-hydrogen) atoms. The molecule has 0 saturated carbocycles. The maximum atomic E-state index is 11.9. The summed E-state index contributed by atoms with van der Waals surface area (Å²) in [6, 6.07) is 7.85. The summed E-state index contributed by atoms with van der Waals surface area (Å²) in [6.07, 6.45) is 2.19. The molecule has 1 unspecified atom stereocenters. The molecule has 104 valence electrons. The van der Waals surface area contributed by atoms with E-state index >= 15 is 0 Å². The summed E-state index contributed by atoms with van der Waals surface area (Å²) >= 11 is 3.37. The molecule has 1 atom stereocenters. The van der Waals surface area contributed by atoms with Crippen LogP contribution in [0, 0.1) is 0 Å². The SMILES string of the molecule is NC1CCN(C(=O)CCCOc2ccc(Br)cc2)C1. The molecular formula is C14H19BrN2O2. The number of nitrogens with zero attached hydrogens (tertiary/aromatic N) is 1. The van der Waals surface area contributed by atoms with Gasteiger partial charge in [0, 0.05) is 30.0 Å².